The largest absolute Gasteiger partial charge is 0.356 e. The van der Waals surface area contributed by atoms with Crippen LogP contribution in [0.2, 0.25) is 5.02 Å². The highest BCUT2D eigenvalue weighted by molar-refractivity contribution is 7.92. The van der Waals surface area contributed by atoms with E-state index in [0.29, 0.717) is 28.8 Å². The molecule has 1 fully saturated rings. The van der Waals surface area contributed by atoms with E-state index in [0.717, 1.165) is 37.1 Å². The standard InChI is InChI=1S/C23H30ClN7O3S/c1-14-12-31-21(26-22(14)30-8-7-16(11-25)13-30)10-20(27-31)15(2)29(3)23(32)18-9-17(24)5-6-19(18)28-35(4,33)34/h5-6,9-10,12,15-16,28H,7-8,11,13,25H2,1-4H3/t15-,16-/m0/s1. The number of amides is 1. The van der Waals surface area contributed by atoms with Gasteiger partial charge in [-0.25, -0.2) is 17.9 Å². The van der Waals surface area contributed by atoms with Gasteiger partial charge in [0.05, 0.1) is 29.2 Å². The Hall–Kier alpha value is -2.89. The van der Waals surface area contributed by atoms with E-state index < -0.39 is 22.0 Å². The maximum Gasteiger partial charge on any atom is 0.256 e. The van der Waals surface area contributed by atoms with Gasteiger partial charge < -0.3 is 15.5 Å². The number of benzene rings is 1. The minimum absolute atomic E-state index is 0.154. The van der Waals surface area contributed by atoms with Crippen LogP contribution in [0.1, 0.15) is 41.0 Å². The van der Waals surface area contributed by atoms with Gasteiger partial charge in [0.15, 0.2) is 5.65 Å². The minimum Gasteiger partial charge on any atom is -0.356 e. The number of rotatable bonds is 7. The van der Waals surface area contributed by atoms with Gasteiger partial charge in [0.2, 0.25) is 10.0 Å². The van der Waals surface area contributed by atoms with E-state index in [-0.39, 0.29) is 11.3 Å². The van der Waals surface area contributed by atoms with Crippen LogP contribution in [0.5, 0.6) is 0 Å². The van der Waals surface area contributed by atoms with Gasteiger partial charge in [-0.2, -0.15) is 5.10 Å². The van der Waals surface area contributed by atoms with Gasteiger partial charge >= 0.3 is 0 Å². The van der Waals surface area contributed by atoms with Gasteiger partial charge in [0.1, 0.15) is 5.82 Å². The van der Waals surface area contributed by atoms with Crippen molar-refractivity contribution in [3.8, 4) is 0 Å². The van der Waals surface area contributed by atoms with Crippen LogP contribution in [0.15, 0.2) is 30.5 Å². The number of sulfonamides is 1. The fourth-order valence-corrected chi connectivity index (χ4v) is 5.06. The van der Waals surface area contributed by atoms with Crippen LogP contribution in [0.3, 0.4) is 0 Å². The average Bonchev–Trinajstić information content (AvgIpc) is 3.44. The summed E-state index contributed by atoms with van der Waals surface area (Å²) in [5.41, 5.74) is 8.52. The highest BCUT2D eigenvalue weighted by Crippen LogP contribution is 2.29. The van der Waals surface area contributed by atoms with Crippen molar-refractivity contribution in [1.29, 1.82) is 0 Å². The summed E-state index contributed by atoms with van der Waals surface area (Å²) in [6.45, 7) is 6.34. The number of aromatic nitrogens is 3. The molecule has 12 heteroatoms. The van der Waals surface area contributed by atoms with Gasteiger partial charge in [0, 0.05) is 43.0 Å². The van der Waals surface area contributed by atoms with Crippen LogP contribution in [0, 0.1) is 12.8 Å². The van der Waals surface area contributed by atoms with Crippen LogP contribution in [0.25, 0.3) is 5.65 Å². The summed E-state index contributed by atoms with van der Waals surface area (Å²) >= 11 is 6.11. The molecule has 10 nitrogen and oxygen atoms in total. The molecule has 2 atom stereocenters. The zero-order valence-corrected chi connectivity index (χ0v) is 21.8. The third-order valence-corrected chi connectivity index (χ3v) is 7.21. The van der Waals surface area contributed by atoms with Crippen molar-refractivity contribution in [1.82, 2.24) is 19.5 Å². The van der Waals surface area contributed by atoms with Crippen LogP contribution < -0.4 is 15.4 Å². The molecule has 1 aromatic carbocycles. The topological polar surface area (TPSA) is 126 Å². The number of nitrogens with one attached hydrogen (secondary N) is 1. The van der Waals surface area contributed by atoms with Crippen LogP contribution in [0.4, 0.5) is 11.5 Å². The monoisotopic (exact) mass is 519 g/mol. The van der Waals surface area contributed by atoms with Crippen molar-refractivity contribution in [2.75, 3.05) is 42.6 Å². The number of fused-ring (bicyclic) bond motifs is 1. The Kier molecular flexibility index (Phi) is 6.94. The number of carbonyl (C=O) groups excluding carboxylic acids is 1. The number of carbonyl (C=O) groups is 1. The molecule has 0 aliphatic carbocycles. The van der Waals surface area contributed by atoms with E-state index in [1.165, 1.54) is 23.1 Å². The summed E-state index contributed by atoms with van der Waals surface area (Å²) in [6.07, 6.45) is 4.02. The number of hydrogen-bond acceptors (Lipinski definition) is 7. The first-order valence-corrected chi connectivity index (χ1v) is 13.6. The highest BCUT2D eigenvalue weighted by Gasteiger charge is 2.26. The molecule has 3 heterocycles. The Bertz CT molecular complexity index is 1370. The Labute approximate surface area is 210 Å². The molecule has 0 bridgehead atoms. The molecule has 0 saturated carbocycles. The molecule has 1 amide bonds. The van der Waals surface area contributed by atoms with Crippen molar-refractivity contribution >= 4 is 44.7 Å². The zero-order chi connectivity index (χ0) is 25.5. The molecular weight excluding hydrogens is 490 g/mol. The molecule has 0 unspecified atom stereocenters. The number of nitrogens with two attached hydrogens (primary N) is 1. The van der Waals surface area contributed by atoms with Crippen LogP contribution in [-0.2, 0) is 10.0 Å². The third-order valence-electron chi connectivity index (χ3n) is 6.38. The second-order valence-corrected chi connectivity index (χ2v) is 11.3. The fourth-order valence-electron chi connectivity index (χ4n) is 4.31. The highest BCUT2D eigenvalue weighted by atomic mass is 35.5. The molecule has 0 spiro atoms. The molecule has 3 aromatic rings. The first-order chi connectivity index (χ1) is 16.5. The zero-order valence-electron chi connectivity index (χ0n) is 20.2. The van der Waals surface area contributed by atoms with Crippen molar-refractivity contribution in [2.45, 2.75) is 26.3 Å². The smallest absolute Gasteiger partial charge is 0.256 e. The quantitative estimate of drug-likeness (QED) is 0.491. The van der Waals surface area contributed by atoms with Gasteiger partial charge in [-0.3, -0.25) is 9.52 Å². The van der Waals surface area contributed by atoms with E-state index in [9.17, 15) is 13.2 Å². The number of anilines is 2. The fraction of sp³-hybridized carbons (Fsp3) is 0.435. The molecule has 2 aromatic heterocycles. The first-order valence-electron chi connectivity index (χ1n) is 11.3. The molecular formula is C23H30ClN7O3S. The number of hydrogen-bond donors (Lipinski definition) is 2. The second-order valence-electron chi connectivity index (χ2n) is 9.11. The average molecular weight is 520 g/mol. The minimum atomic E-state index is -3.58. The van der Waals surface area contributed by atoms with Crippen molar-refractivity contribution in [2.24, 2.45) is 11.7 Å². The molecule has 188 valence electrons. The lowest BCUT2D eigenvalue weighted by atomic mass is 10.1. The number of aryl methyl sites for hydroxylation is 1. The molecule has 1 aliphatic heterocycles. The second kappa shape index (κ2) is 9.63. The third kappa shape index (κ3) is 5.36. The van der Waals surface area contributed by atoms with E-state index in [2.05, 4.69) is 14.7 Å². The Morgan fingerprint density at radius 1 is 1.37 bits per heavy atom. The first kappa shape index (κ1) is 25.2. The normalized spacial score (nSPS) is 17.1. The van der Waals surface area contributed by atoms with Crippen molar-refractivity contribution in [3.63, 3.8) is 0 Å². The molecule has 3 N–H and O–H groups in total. The summed E-state index contributed by atoms with van der Waals surface area (Å²) in [5.74, 6) is 1.01. The Balaban J connectivity index is 1.61. The molecule has 4 rings (SSSR count). The van der Waals surface area contributed by atoms with Crippen LogP contribution in [-0.4, -0.2) is 66.8 Å². The van der Waals surface area contributed by atoms with Crippen molar-refractivity contribution in [3.05, 3.63) is 52.3 Å². The van der Waals surface area contributed by atoms with E-state index >= 15 is 0 Å². The maximum atomic E-state index is 13.3. The molecule has 35 heavy (non-hydrogen) atoms. The summed E-state index contributed by atoms with van der Waals surface area (Å²) in [4.78, 5) is 21.9. The maximum absolute atomic E-state index is 13.3. The van der Waals surface area contributed by atoms with Crippen LogP contribution >= 0.6 is 11.6 Å². The van der Waals surface area contributed by atoms with Crippen molar-refractivity contribution < 1.29 is 13.2 Å². The lowest BCUT2D eigenvalue weighted by Gasteiger charge is -2.24. The summed E-state index contributed by atoms with van der Waals surface area (Å²) in [5, 5.41) is 4.98. The Morgan fingerprint density at radius 3 is 2.77 bits per heavy atom. The summed E-state index contributed by atoms with van der Waals surface area (Å²) in [6, 6.07) is 5.90. The number of halogens is 1. The Morgan fingerprint density at radius 2 is 2.11 bits per heavy atom. The van der Waals surface area contributed by atoms with Gasteiger partial charge in [0.25, 0.3) is 5.91 Å². The lowest BCUT2D eigenvalue weighted by Crippen LogP contribution is -2.31. The lowest BCUT2D eigenvalue weighted by molar-refractivity contribution is 0.0740. The van der Waals surface area contributed by atoms with Gasteiger partial charge in [-0.1, -0.05) is 11.6 Å². The predicted octanol–water partition coefficient (Wildman–Crippen LogP) is 2.68. The molecule has 1 saturated heterocycles. The molecule has 0 radical (unpaired) electrons. The van der Waals surface area contributed by atoms with Gasteiger partial charge in [-0.05, 0) is 50.9 Å². The summed E-state index contributed by atoms with van der Waals surface area (Å²) < 4.78 is 27.6. The van der Waals surface area contributed by atoms with E-state index in [1.54, 1.807) is 11.6 Å². The van der Waals surface area contributed by atoms with E-state index in [1.807, 2.05) is 26.1 Å². The number of nitrogens with zero attached hydrogens (tertiary/aromatic N) is 5. The van der Waals surface area contributed by atoms with E-state index in [4.69, 9.17) is 22.3 Å². The SMILES string of the molecule is Cc1cn2nc([C@H](C)N(C)C(=O)c3cc(Cl)ccc3NS(C)(=O)=O)cc2nc1N1CC[C@@H](CN)C1. The predicted molar refractivity (Wildman–Crippen MR) is 138 cm³/mol. The molecule has 1 aliphatic rings. The van der Waals surface area contributed by atoms with Gasteiger partial charge in [-0.15, -0.1) is 0 Å². The summed E-state index contributed by atoms with van der Waals surface area (Å²) in [7, 11) is -1.94.